The summed E-state index contributed by atoms with van der Waals surface area (Å²) in [5.74, 6) is 0.193. The van der Waals surface area contributed by atoms with E-state index in [4.69, 9.17) is 4.74 Å². The quantitative estimate of drug-likeness (QED) is 0.655. The van der Waals surface area contributed by atoms with E-state index in [-0.39, 0.29) is 11.9 Å². The van der Waals surface area contributed by atoms with E-state index in [1.54, 1.807) is 0 Å². The molecule has 17 heavy (non-hydrogen) atoms. The first kappa shape index (κ1) is 14.4. The van der Waals surface area contributed by atoms with Gasteiger partial charge in [0, 0.05) is 13.1 Å². The zero-order valence-corrected chi connectivity index (χ0v) is 11.2. The molecule has 0 aromatic rings. The van der Waals surface area contributed by atoms with Gasteiger partial charge >= 0.3 is 0 Å². The molecule has 1 saturated heterocycles. The number of nitrogens with zero attached hydrogens (tertiary/aromatic N) is 2. The highest BCUT2D eigenvalue weighted by Crippen LogP contribution is 2.00. The second kappa shape index (κ2) is 7.63. The largest absolute Gasteiger partial charge is 0.378 e. The SMILES string of the molecule is C[C@@H](NCCCN(C)C)C(=O)N1CCOCC1. The summed E-state index contributed by atoms with van der Waals surface area (Å²) >= 11 is 0. The smallest absolute Gasteiger partial charge is 0.239 e. The van der Waals surface area contributed by atoms with E-state index < -0.39 is 0 Å². The second-order valence-corrected chi connectivity index (χ2v) is 4.77. The maximum Gasteiger partial charge on any atom is 0.239 e. The fourth-order valence-corrected chi connectivity index (χ4v) is 1.86. The Morgan fingerprint density at radius 1 is 1.41 bits per heavy atom. The molecule has 100 valence electrons. The van der Waals surface area contributed by atoms with Crippen LogP contribution in [0.3, 0.4) is 0 Å². The zero-order valence-electron chi connectivity index (χ0n) is 11.2. The molecule has 1 rings (SSSR count). The fourth-order valence-electron chi connectivity index (χ4n) is 1.86. The molecule has 0 saturated carbocycles. The second-order valence-electron chi connectivity index (χ2n) is 4.77. The molecule has 1 aliphatic rings. The Bertz CT molecular complexity index is 228. The van der Waals surface area contributed by atoms with Crippen LogP contribution in [0.4, 0.5) is 0 Å². The van der Waals surface area contributed by atoms with Crippen LogP contribution >= 0.6 is 0 Å². The van der Waals surface area contributed by atoms with Gasteiger partial charge in [0.2, 0.25) is 5.91 Å². The van der Waals surface area contributed by atoms with Gasteiger partial charge in [0.1, 0.15) is 0 Å². The summed E-state index contributed by atoms with van der Waals surface area (Å²) in [7, 11) is 4.12. The van der Waals surface area contributed by atoms with Crippen molar-refractivity contribution < 1.29 is 9.53 Å². The van der Waals surface area contributed by atoms with E-state index in [0.29, 0.717) is 13.2 Å². The first-order chi connectivity index (χ1) is 8.11. The topological polar surface area (TPSA) is 44.8 Å². The molecule has 5 nitrogen and oxygen atoms in total. The molecular formula is C12H25N3O2. The molecule has 1 heterocycles. The van der Waals surface area contributed by atoms with Gasteiger partial charge in [-0.3, -0.25) is 4.79 Å². The summed E-state index contributed by atoms with van der Waals surface area (Å²) < 4.78 is 5.23. The summed E-state index contributed by atoms with van der Waals surface area (Å²) in [6, 6.07) is -0.0877. The zero-order chi connectivity index (χ0) is 12.7. The highest BCUT2D eigenvalue weighted by Gasteiger charge is 2.21. The predicted molar refractivity (Wildman–Crippen MR) is 68.0 cm³/mol. The van der Waals surface area contributed by atoms with E-state index in [2.05, 4.69) is 24.3 Å². The van der Waals surface area contributed by atoms with Crippen LogP contribution in [0.15, 0.2) is 0 Å². The normalized spacial score (nSPS) is 18.5. The van der Waals surface area contributed by atoms with Crippen LogP contribution in [-0.4, -0.2) is 75.2 Å². The van der Waals surface area contributed by atoms with E-state index in [1.165, 1.54) is 0 Å². The molecule has 0 spiro atoms. The Balaban J connectivity index is 2.17. The lowest BCUT2D eigenvalue weighted by Gasteiger charge is -2.29. The molecule has 1 amide bonds. The lowest BCUT2D eigenvalue weighted by molar-refractivity contribution is -0.137. The average Bonchev–Trinajstić information content (AvgIpc) is 2.34. The molecule has 5 heteroatoms. The number of morpholine rings is 1. The lowest BCUT2D eigenvalue weighted by atomic mass is 10.2. The van der Waals surface area contributed by atoms with Crippen molar-refractivity contribution in [1.29, 1.82) is 0 Å². The van der Waals surface area contributed by atoms with Gasteiger partial charge in [-0.05, 0) is 40.5 Å². The summed E-state index contributed by atoms with van der Waals surface area (Å²) in [6.07, 6.45) is 1.06. The number of rotatable bonds is 6. The van der Waals surface area contributed by atoms with Crippen molar-refractivity contribution in [2.24, 2.45) is 0 Å². The summed E-state index contributed by atoms with van der Waals surface area (Å²) in [5, 5.41) is 3.28. The molecule has 0 aliphatic carbocycles. The van der Waals surface area contributed by atoms with Gasteiger partial charge in [-0.1, -0.05) is 0 Å². The Morgan fingerprint density at radius 2 is 2.06 bits per heavy atom. The molecule has 0 unspecified atom stereocenters. The predicted octanol–water partition coefficient (Wildman–Crippen LogP) is -0.225. The van der Waals surface area contributed by atoms with Crippen LogP contribution in [0, 0.1) is 0 Å². The van der Waals surface area contributed by atoms with E-state index >= 15 is 0 Å². The lowest BCUT2D eigenvalue weighted by Crippen LogP contribution is -2.49. The Kier molecular flexibility index (Phi) is 6.47. The van der Waals surface area contributed by atoms with Crippen LogP contribution in [0.25, 0.3) is 0 Å². The van der Waals surface area contributed by atoms with Gasteiger partial charge in [-0.25, -0.2) is 0 Å². The number of carbonyl (C=O) groups excluding carboxylic acids is 1. The third kappa shape index (κ3) is 5.48. The van der Waals surface area contributed by atoms with Crippen LogP contribution in [0.2, 0.25) is 0 Å². The maximum absolute atomic E-state index is 12.0. The Labute approximate surface area is 104 Å². The molecule has 0 aromatic heterocycles. The van der Waals surface area contributed by atoms with Crippen molar-refractivity contribution in [2.45, 2.75) is 19.4 Å². The number of carbonyl (C=O) groups is 1. The summed E-state index contributed by atoms with van der Waals surface area (Å²) in [6.45, 7) is 6.65. The van der Waals surface area contributed by atoms with Gasteiger partial charge in [0.15, 0.2) is 0 Å². The Hall–Kier alpha value is -0.650. The van der Waals surface area contributed by atoms with Crippen molar-refractivity contribution in [3.8, 4) is 0 Å². The molecule has 0 bridgehead atoms. The number of ether oxygens (including phenoxy) is 1. The number of hydrogen-bond acceptors (Lipinski definition) is 4. The number of nitrogens with one attached hydrogen (secondary N) is 1. The van der Waals surface area contributed by atoms with Crippen LogP contribution in [0.1, 0.15) is 13.3 Å². The first-order valence-corrected chi connectivity index (χ1v) is 6.36. The van der Waals surface area contributed by atoms with Crippen molar-refractivity contribution in [2.75, 3.05) is 53.5 Å². The minimum absolute atomic E-state index is 0.0877. The molecule has 0 radical (unpaired) electrons. The van der Waals surface area contributed by atoms with Gasteiger partial charge in [-0.15, -0.1) is 0 Å². The molecule has 0 aromatic carbocycles. The highest BCUT2D eigenvalue weighted by atomic mass is 16.5. The van der Waals surface area contributed by atoms with E-state index in [1.807, 2.05) is 11.8 Å². The molecular weight excluding hydrogens is 218 g/mol. The third-order valence-electron chi connectivity index (χ3n) is 2.93. The van der Waals surface area contributed by atoms with Crippen LogP contribution in [-0.2, 0) is 9.53 Å². The van der Waals surface area contributed by atoms with Gasteiger partial charge in [0.25, 0.3) is 0 Å². The number of amides is 1. The van der Waals surface area contributed by atoms with E-state index in [0.717, 1.165) is 32.6 Å². The third-order valence-corrected chi connectivity index (χ3v) is 2.93. The fraction of sp³-hybridized carbons (Fsp3) is 0.917. The maximum atomic E-state index is 12.0. The van der Waals surface area contributed by atoms with E-state index in [9.17, 15) is 4.79 Å². The molecule has 1 fully saturated rings. The highest BCUT2D eigenvalue weighted by molar-refractivity contribution is 5.81. The van der Waals surface area contributed by atoms with Gasteiger partial charge in [0.05, 0.1) is 19.3 Å². The monoisotopic (exact) mass is 243 g/mol. The van der Waals surface area contributed by atoms with Gasteiger partial charge < -0.3 is 19.9 Å². The van der Waals surface area contributed by atoms with Crippen molar-refractivity contribution in [3.05, 3.63) is 0 Å². The molecule has 1 N–H and O–H groups in total. The molecule has 1 aliphatic heterocycles. The summed E-state index contributed by atoms with van der Waals surface area (Å²) in [5.41, 5.74) is 0. The molecule has 1 atom stereocenters. The van der Waals surface area contributed by atoms with Crippen molar-refractivity contribution >= 4 is 5.91 Å². The number of hydrogen-bond donors (Lipinski definition) is 1. The van der Waals surface area contributed by atoms with Crippen LogP contribution in [0.5, 0.6) is 0 Å². The average molecular weight is 243 g/mol. The summed E-state index contributed by atoms with van der Waals surface area (Å²) in [4.78, 5) is 16.1. The Morgan fingerprint density at radius 3 is 2.65 bits per heavy atom. The van der Waals surface area contributed by atoms with Crippen molar-refractivity contribution in [3.63, 3.8) is 0 Å². The van der Waals surface area contributed by atoms with Gasteiger partial charge in [-0.2, -0.15) is 0 Å². The first-order valence-electron chi connectivity index (χ1n) is 6.36. The standard InChI is InChI=1S/C12H25N3O2/c1-11(13-5-4-6-14(2)3)12(16)15-7-9-17-10-8-15/h11,13H,4-10H2,1-3H3/t11-/m1/s1. The minimum atomic E-state index is -0.0877. The van der Waals surface area contributed by atoms with Crippen LogP contribution < -0.4 is 5.32 Å². The van der Waals surface area contributed by atoms with Crippen molar-refractivity contribution in [1.82, 2.24) is 15.1 Å². The minimum Gasteiger partial charge on any atom is -0.378 e.